The van der Waals surface area contributed by atoms with Crippen molar-refractivity contribution in [2.75, 3.05) is 0 Å². The second-order valence-corrected chi connectivity index (χ2v) is 5.48. The van der Waals surface area contributed by atoms with Crippen LogP contribution in [0.3, 0.4) is 0 Å². The fraction of sp³-hybridized carbons (Fsp3) is 0.923. The van der Waals surface area contributed by atoms with Crippen molar-refractivity contribution in [1.82, 2.24) is 0 Å². The maximum atomic E-state index is 11.9. The summed E-state index contributed by atoms with van der Waals surface area (Å²) >= 11 is 0. The van der Waals surface area contributed by atoms with Crippen LogP contribution in [0.25, 0.3) is 0 Å². The monoisotopic (exact) mass is 212 g/mol. The molecule has 0 saturated heterocycles. The Morgan fingerprint density at radius 2 is 1.93 bits per heavy atom. The predicted molar refractivity (Wildman–Crippen MR) is 61.6 cm³/mol. The van der Waals surface area contributed by atoms with Gasteiger partial charge in [0.25, 0.3) is 0 Å². The van der Waals surface area contributed by atoms with Gasteiger partial charge in [0.1, 0.15) is 5.78 Å². The smallest absolute Gasteiger partial charge is 0.144 e. The van der Waals surface area contributed by atoms with E-state index in [1.165, 1.54) is 12.8 Å². The molecular weight excluding hydrogens is 188 g/mol. The summed E-state index contributed by atoms with van der Waals surface area (Å²) in [6, 6.07) is 0. The molecule has 1 N–H and O–H groups in total. The first-order valence-corrected chi connectivity index (χ1v) is 6.15. The van der Waals surface area contributed by atoms with E-state index in [-0.39, 0.29) is 17.6 Å². The van der Waals surface area contributed by atoms with Gasteiger partial charge < -0.3 is 5.11 Å². The van der Waals surface area contributed by atoms with E-state index in [4.69, 9.17) is 0 Å². The lowest BCUT2D eigenvalue weighted by atomic mass is 9.85. The van der Waals surface area contributed by atoms with E-state index in [1.54, 1.807) is 0 Å². The number of aliphatic hydroxyl groups excluding tert-OH is 1. The second-order valence-electron chi connectivity index (χ2n) is 5.48. The molecule has 0 aromatic rings. The Bertz CT molecular complexity index is 233. The largest absolute Gasteiger partial charge is 0.392 e. The minimum absolute atomic E-state index is 0.0341. The second kappa shape index (κ2) is 4.65. The third kappa shape index (κ3) is 2.25. The quantitative estimate of drug-likeness (QED) is 0.728. The molecule has 15 heavy (non-hydrogen) atoms. The van der Waals surface area contributed by atoms with E-state index < -0.39 is 11.5 Å². The van der Waals surface area contributed by atoms with Gasteiger partial charge in [-0.25, -0.2) is 0 Å². The molecule has 3 unspecified atom stereocenters. The van der Waals surface area contributed by atoms with Crippen LogP contribution in [0.4, 0.5) is 0 Å². The van der Waals surface area contributed by atoms with E-state index >= 15 is 0 Å². The highest BCUT2D eigenvalue weighted by atomic mass is 16.3. The molecular formula is C13H24O2. The zero-order valence-electron chi connectivity index (χ0n) is 10.4. The summed E-state index contributed by atoms with van der Waals surface area (Å²) in [5.41, 5.74) is -0.531. The molecule has 0 amide bonds. The van der Waals surface area contributed by atoms with Gasteiger partial charge in [0.05, 0.1) is 6.10 Å². The molecule has 1 aliphatic carbocycles. The lowest BCUT2D eigenvalue weighted by molar-refractivity contribution is -0.129. The third-order valence-electron chi connectivity index (χ3n) is 3.98. The van der Waals surface area contributed by atoms with Crippen LogP contribution in [0.15, 0.2) is 0 Å². The van der Waals surface area contributed by atoms with Gasteiger partial charge in [0.15, 0.2) is 0 Å². The first-order chi connectivity index (χ1) is 6.92. The summed E-state index contributed by atoms with van der Waals surface area (Å²) in [4.78, 5) is 11.9. The zero-order chi connectivity index (χ0) is 11.6. The van der Waals surface area contributed by atoms with E-state index in [0.29, 0.717) is 0 Å². The summed E-state index contributed by atoms with van der Waals surface area (Å²) in [5, 5.41) is 10.1. The lowest BCUT2D eigenvalue weighted by Gasteiger charge is -2.24. The van der Waals surface area contributed by atoms with Gasteiger partial charge in [-0.15, -0.1) is 0 Å². The Balaban J connectivity index is 2.62. The molecule has 1 fully saturated rings. The molecule has 0 bridgehead atoms. The van der Waals surface area contributed by atoms with Gasteiger partial charge in [0, 0.05) is 11.3 Å². The van der Waals surface area contributed by atoms with Crippen LogP contribution in [-0.4, -0.2) is 17.0 Å². The van der Waals surface area contributed by atoms with E-state index in [9.17, 15) is 9.90 Å². The number of ketones is 1. The normalized spacial score (nSPS) is 34.7. The Morgan fingerprint density at radius 1 is 1.33 bits per heavy atom. The minimum Gasteiger partial charge on any atom is -0.392 e. The number of rotatable bonds is 4. The van der Waals surface area contributed by atoms with Crippen LogP contribution in [-0.2, 0) is 4.79 Å². The number of unbranched alkanes of at least 4 members (excludes halogenated alkanes) is 2. The number of carbonyl (C=O) groups is 1. The van der Waals surface area contributed by atoms with Gasteiger partial charge in [-0.1, -0.05) is 47.0 Å². The molecule has 0 heterocycles. The van der Waals surface area contributed by atoms with E-state index in [0.717, 1.165) is 12.8 Å². The number of Topliss-reactive ketones (excluding diaryl/α,β-unsaturated/α-hetero) is 1. The average molecular weight is 212 g/mol. The van der Waals surface area contributed by atoms with Crippen LogP contribution in [0.1, 0.15) is 53.4 Å². The first-order valence-electron chi connectivity index (χ1n) is 6.15. The SMILES string of the molecule is CCCCCC1C(C)C(=O)C(C)(C)C1O. The Kier molecular flexibility index (Phi) is 3.93. The van der Waals surface area contributed by atoms with E-state index in [1.807, 2.05) is 20.8 Å². The van der Waals surface area contributed by atoms with Gasteiger partial charge >= 0.3 is 0 Å². The summed E-state index contributed by atoms with van der Waals surface area (Å²) in [6.07, 6.45) is 4.06. The van der Waals surface area contributed by atoms with Gasteiger partial charge in [0.2, 0.25) is 0 Å². The third-order valence-corrected chi connectivity index (χ3v) is 3.98. The van der Waals surface area contributed by atoms with Crippen molar-refractivity contribution >= 4 is 5.78 Å². The summed E-state index contributed by atoms with van der Waals surface area (Å²) in [6.45, 7) is 7.88. The minimum atomic E-state index is -0.531. The van der Waals surface area contributed by atoms with Crippen molar-refractivity contribution in [3.05, 3.63) is 0 Å². The molecule has 1 aliphatic rings. The molecule has 0 aromatic carbocycles. The summed E-state index contributed by atoms with van der Waals surface area (Å²) in [7, 11) is 0. The van der Waals surface area contributed by atoms with Crippen molar-refractivity contribution in [2.45, 2.75) is 59.5 Å². The molecule has 0 aliphatic heterocycles. The molecule has 88 valence electrons. The van der Waals surface area contributed by atoms with Crippen LogP contribution >= 0.6 is 0 Å². The Labute approximate surface area is 93.1 Å². The molecule has 3 atom stereocenters. The van der Waals surface area contributed by atoms with Crippen LogP contribution in [0.2, 0.25) is 0 Å². The Morgan fingerprint density at radius 3 is 2.33 bits per heavy atom. The van der Waals surface area contributed by atoms with Gasteiger partial charge in [-0.2, -0.15) is 0 Å². The van der Waals surface area contributed by atoms with Crippen molar-refractivity contribution in [3.63, 3.8) is 0 Å². The molecule has 1 saturated carbocycles. The van der Waals surface area contributed by atoms with Gasteiger partial charge in [-0.05, 0) is 12.3 Å². The maximum Gasteiger partial charge on any atom is 0.144 e. The maximum absolute atomic E-state index is 11.9. The fourth-order valence-corrected chi connectivity index (χ4v) is 2.77. The average Bonchev–Trinajstić information content (AvgIpc) is 2.33. The number of aliphatic hydroxyl groups is 1. The van der Waals surface area contributed by atoms with Gasteiger partial charge in [-0.3, -0.25) is 4.79 Å². The highest BCUT2D eigenvalue weighted by Gasteiger charge is 2.51. The van der Waals surface area contributed by atoms with E-state index in [2.05, 4.69) is 6.92 Å². The number of hydrogen-bond donors (Lipinski definition) is 1. The van der Waals surface area contributed by atoms with Crippen molar-refractivity contribution in [3.8, 4) is 0 Å². The van der Waals surface area contributed by atoms with Crippen molar-refractivity contribution in [2.24, 2.45) is 17.3 Å². The number of carbonyl (C=O) groups excluding carboxylic acids is 1. The van der Waals surface area contributed by atoms with Crippen LogP contribution in [0, 0.1) is 17.3 Å². The highest BCUT2D eigenvalue weighted by Crippen LogP contribution is 2.44. The Hall–Kier alpha value is -0.370. The fourth-order valence-electron chi connectivity index (χ4n) is 2.77. The first kappa shape index (κ1) is 12.7. The summed E-state index contributed by atoms with van der Waals surface area (Å²) < 4.78 is 0. The van der Waals surface area contributed by atoms with Crippen LogP contribution < -0.4 is 0 Å². The van der Waals surface area contributed by atoms with Crippen LogP contribution in [0.5, 0.6) is 0 Å². The topological polar surface area (TPSA) is 37.3 Å². The number of hydrogen-bond acceptors (Lipinski definition) is 2. The van der Waals surface area contributed by atoms with Crippen molar-refractivity contribution < 1.29 is 9.90 Å². The molecule has 0 radical (unpaired) electrons. The van der Waals surface area contributed by atoms with Crippen molar-refractivity contribution in [1.29, 1.82) is 0 Å². The zero-order valence-corrected chi connectivity index (χ0v) is 10.4. The molecule has 2 heteroatoms. The molecule has 2 nitrogen and oxygen atoms in total. The lowest BCUT2D eigenvalue weighted by Crippen LogP contribution is -2.31. The standard InChI is InChI=1S/C13H24O2/c1-5-6-7-8-10-9(2)11(14)13(3,4)12(10)15/h9-10,12,15H,5-8H2,1-4H3. The predicted octanol–water partition coefficient (Wildman–Crippen LogP) is 2.79. The molecule has 1 rings (SSSR count). The summed E-state index contributed by atoms with van der Waals surface area (Å²) in [5.74, 6) is 0.447. The highest BCUT2D eigenvalue weighted by molar-refractivity contribution is 5.89. The molecule has 0 aromatic heterocycles. The molecule has 0 spiro atoms.